The van der Waals surface area contributed by atoms with Crippen molar-refractivity contribution in [3.63, 3.8) is 0 Å². The summed E-state index contributed by atoms with van der Waals surface area (Å²) in [7, 11) is 0. The Morgan fingerprint density at radius 2 is 2.15 bits per heavy atom. The topological polar surface area (TPSA) is 32.9 Å². The van der Waals surface area contributed by atoms with Gasteiger partial charge in [0.1, 0.15) is 0 Å². The quantitative estimate of drug-likeness (QED) is 0.737. The van der Waals surface area contributed by atoms with E-state index in [2.05, 4.69) is 23.4 Å². The minimum absolute atomic E-state index is 0.0574. The number of nitrogens with one attached hydrogen (secondary N) is 1. The van der Waals surface area contributed by atoms with Gasteiger partial charge in [-0.3, -0.25) is 4.79 Å². The van der Waals surface area contributed by atoms with Crippen molar-refractivity contribution in [2.45, 2.75) is 6.92 Å². The molecule has 0 radical (unpaired) electrons. The number of aromatic nitrogens is 1. The van der Waals surface area contributed by atoms with Crippen LogP contribution in [0.25, 0.3) is 10.4 Å². The van der Waals surface area contributed by atoms with Crippen molar-refractivity contribution in [2.24, 2.45) is 0 Å². The molecule has 1 N–H and O–H groups in total. The van der Waals surface area contributed by atoms with Gasteiger partial charge in [0.25, 0.3) is 0 Å². The maximum Gasteiger partial charge on any atom is 0.247 e. The fraction of sp³-hybridized carbons (Fsp3) is 0.100. The van der Waals surface area contributed by atoms with Crippen LogP contribution in [0.15, 0.2) is 34.6 Å². The molecule has 0 spiro atoms. The average molecular weight is 191 g/mol. The van der Waals surface area contributed by atoms with Crippen molar-refractivity contribution in [1.82, 2.24) is 4.98 Å². The highest BCUT2D eigenvalue weighted by Gasteiger charge is 2.01. The van der Waals surface area contributed by atoms with Crippen LogP contribution in [0.4, 0.5) is 0 Å². The van der Waals surface area contributed by atoms with E-state index >= 15 is 0 Å². The minimum Gasteiger partial charge on any atom is -0.328 e. The van der Waals surface area contributed by atoms with Crippen molar-refractivity contribution in [1.29, 1.82) is 0 Å². The fourth-order valence-corrected chi connectivity index (χ4v) is 2.15. The third-order valence-electron chi connectivity index (χ3n) is 1.91. The molecule has 0 saturated heterocycles. The second-order valence-corrected chi connectivity index (χ2v) is 3.79. The lowest BCUT2D eigenvalue weighted by Gasteiger charge is -1.97. The van der Waals surface area contributed by atoms with Crippen LogP contribution >= 0.6 is 11.3 Å². The van der Waals surface area contributed by atoms with Gasteiger partial charge in [0.15, 0.2) is 0 Å². The lowest BCUT2D eigenvalue weighted by molar-refractivity contribution is 1.24. The highest BCUT2D eigenvalue weighted by Crippen LogP contribution is 2.27. The third-order valence-corrected chi connectivity index (χ3v) is 2.97. The molecule has 2 rings (SSSR count). The van der Waals surface area contributed by atoms with E-state index in [1.165, 1.54) is 10.4 Å². The Morgan fingerprint density at radius 1 is 1.31 bits per heavy atom. The first kappa shape index (κ1) is 8.26. The molecule has 66 valence electrons. The van der Waals surface area contributed by atoms with Gasteiger partial charge in [-0.2, -0.15) is 0 Å². The molecule has 3 heteroatoms. The van der Waals surface area contributed by atoms with Crippen LogP contribution < -0.4 is 5.56 Å². The highest BCUT2D eigenvalue weighted by molar-refractivity contribution is 7.13. The molecule has 0 fully saturated rings. The van der Waals surface area contributed by atoms with Gasteiger partial charge in [-0.15, -0.1) is 11.3 Å². The molecule has 2 heterocycles. The molecule has 13 heavy (non-hydrogen) atoms. The molecule has 2 aromatic rings. The molecule has 0 aliphatic heterocycles. The van der Waals surface area contributed by atoms with E-state index in [-0.39, 0.29) is 5.56 Å². The number of pyridine rings is 1. The number of H-pyrrole nitrogens is 1. The van der Waals surface area contributed by atoms with Crippen molar-refractivity contribution in [3.05, 3.63) is 45.7 Å². The van der Waals surface area contributed by atoms with Crippen LogP contribution in [0.3, 0.4) is 0 Å². The number of aryl methyl sites for hydroxylation is 1. The Morgan fingerprint density at radius 3 is 2.69 bits per heavy atom. The predicted molar refractivity (Wildman–Crippen MR) is 55.1 cm³/mol. The summed E-state index contributed by atoms with van der Waals surface area (Å²) >= 11 is 1.69. The van der Waals surface area contributed by atoms with Gasteiger partial charge in [-0.05, 0) is 30.0 Å². The van der Waals surface area contributed by atoms with Crippen LogP contribution in [-0.2, 0) is 0 Å². The summed E-state index contributed by atoms with van der Waals surface area (Å²) in [5.74, 6) is 0. The van der Waals surface area contributed by atoms with Crippen LogP contribution in [0.2, 0.25) is 0 Å². The lowest BCUT2D eigenvalue weighted by atomic mass is 10.2. The zero-order valence-electron chi connectivity index (χ0n) is 7.20. The Bertz CT molecular complexity index is 449. The Balaban J connectivity index is 2.53. The second kappa shape index (κ2) is 3.18. The van der Waals surface area contributed by atoms with Crippen LogP contribution in [0, 0.1) is 6.92 Å². The normalized spacial score (nSPS) is 10.2. The molecule has 0 aliphatic rings. The van der Waals surface area contributed by atoms with E-state index < -0.39 is 0 Å². The molecular weight excluding hydrogens is 182 g/mol. The lowest BCUT2D eigenvalue weighted by Crippen LogP contribution is -2.01. The summed E-state index contributed by atoms with van der Waals surface area (Å²) in [4.78, 5) is 14.7. The largest absolute Gasteiger partial charge is 0.328 e. The molecule has 0 amide bonds. The monoisotopic (exact) mass is 191 g/mol. The first-order chi connectivity index (χ1) is 6.27. The Labute approximate surface area is 79.9 Å². The van der Waals surface area contributed by atoms with E-state index in [4.69, 9.17) is 0 Å². The first-order valence-electron chi connectivity index (χ1n) is 4.00. The average Bonchev–Trinajstić information content (AvgIpc) is 2.53. The fourth-order valence-electron chi connectivity index (χ4n) is 1.22. The van der Waals surface area contributed by atoms with E-state index in [0.29, 0.717) is 0 Å². The number of hydrogen-bond acceptors (Lipinski definition) is 2. The zero-order valence-corrected chi connectivity index (χ0v) is 8.02. The summed E-state index contributed by atoms with van der Waals surface area (Å²) in [6.45, 7) is 2.07. The van der Waals surface area contributed by atoms with Gasteiger partial charge in [-0.25, -0.2) is 0 Å². The Hall–Kier alpha value is -1.35. The van der Waals surface area contributed by atoms with Crippen LogP contribution in [-0.4, -0.2) is 4.98 Å². The van der Waals surface area contributed by atoms with E-state index in [0.717, 1.165) is 5.56 Å². The van der Waals surface area contributed by atoms with Gasteiger partial charge in [-0.1, -0.05) is 0 Å². The standard InChI is InChI=1S/C10H9NOS/c1-7-4-5-13-10(7)8-2-3-9(12)11-6-8/h2-6H,1H3,(H,11,12). The summed E-state index contributed by atoms with van der Waals surface area (Å²) in [6.07, 6.45) is 1.75. The molecule has 2 nitrogen and oxygen atoms in total. The zero-order chi connectivity index (χ0) is 9.26. The van der Waals surface area contributed by atoms with Crippen molar-refractivity contribution >= 4 is 11.3 Å². The minimum atomic E-state index is -0.0574. The smallest absolute Gasteiger partial charge is 0.247 e. The van der Waals surface area contributed by atoms with E-state index in [1.54, 1.807) is 23.6 Å². The number of rotatable bonds is 1. The molecule has 0 aromatic carbocycles. The number of thiophene rings is 1. The summed E-state index contributed by atoms with van der Waals surface area (Å²) < 4.78 is 0. The summed E-state index contributed by atoms with van der Waals surface area (Å²) in [6, 6.07) is 5.47. The molecular formula is C10H9NOS. The van der Waals surface area contributed by atoms with Crippen molar-refractivity contribution in [3.8, 4) is 10.4 Å². The van der Waals surface area contributed by atoms with Crippen molar-refractivity contribution in [2.75, 3.05) is 0 Å². The highest BCUT2D eigenvalue weighted by atomic mass is 32.1. The molecule has 0 aliphatic carbocycles. The first-order valence-corrected chi connectivity index (χ1v) is 4.88. The molecule has 2 aromatic heterocycles. The van der Waals surface area contributed by atoms with Gasteiger partial charge >= 0.3 is 0 Å². The van der Waals surface area contributed by atoms with Gasteiger partial charge < -0.3 is 4.98 Å². The van der Waals surface area contributed by atoms with E-state index in [1.807, 2.05) is 6.07 Å². The maximum absolute atomic E-state index is 10.8. The molecule has 0 atom stereocenters. The number of aromatic amines is 1. The van der Waals surface area contributed by atoms with Gasteiger partial charge in [0.2, 0.25) is 5.56 Å². The molecule has 0 bridgehead atoms. The maximum atomic E-state index is 10.8. The SMILES string of the molecule is Cc1ccsc1-c1ccc(=O)[nH]c1. The summed E-state index contributed by atoms with van der Waals surface area (Å²) in [5.41, 5.74) is 2.27. The van der Waals surface area contributed by atoms with Crippen molar-refractivity contribution < 1.29 is 0 Å². The predicted octanol–water partition coefficient (Wildman–Crippen LogP) is 2.41. The van der Waals surface area contributed by atoms with Crippen LogP contribution in [0.1, 0.15) is 5.56 Å². The second-order valence-electron chi connectivity index (χ2n) is 2.87. The van der Waals surface area contributed by atoms with Crippen LogP contribution in [0.5, 0.6) is 0 Å². The summed E-state index contributed by atoms with van der Waals surface area (Å²) in [5, 5.41) is 2.05. The Kier molecular flexibility index (Phi) is 2.02. The van der Waals surface area contributed by atoms with Gasteiger partial charge in [0, 0.05) is 22.7 Å². The third kappa shape index (κ3) is 1.55. The molecule has 0 saturated carbocycles. The van der Waals surface area contributed by atoms with E-state index in [9.17, 15) is 4.79 Å². The van der Waals surface area contributed by atoms with Gasteiger partial charge in [0.05, 0.1) is 0 Å². The molecule has 0 unspecified atom stereocenters. The number of hydrogen-bond donors (Lipinski definition) is 1.